The number of rotatable bonds is 3. The molecule has 0 amide bonds. The predicted molar refractivity (Wildman–Crippen MR) is 82.8 cm³/mol. The third-order valence-corrected chi connectivity index (χ3v) is 5.23. The van der Waals surface area contributed by atoms with Gasteiger partial charge >= 0.3 is 0 Å². The van der Waals surface area contributed by atoms with E-state index in [4.69, 9.17) is 5.73 Å². The molecule has 0 atom stereocenters. The summed E-state index contributed by atoms with van der Waals surface area (Å²) in [5.74, 6) is 0.636. The minimum Gasteiger partial charge on any atom is -0.326 e. The first-order valence-electron chi connectivity index (χ1n) is 6.22. The highest BCUT2D eigenvalue weighted by Crippen LogP contribution is 2.28. The van der Waals surface area contributed by atoms with Crippen molar-refractivity contribution in [2.24, 2.45) is 12.8 Å². The van der Waals surface area contributed by atoms with E-state index in [1.165, 1.54) is 17.6 Å². The molecule has 0 saturated heterocycles. The fraction of sp³-hybridized carbons (Fsp3) is 0.231. The number of hydrogen-bond acceptors (Lipinski definition) is 6. The normalized spacial score (nSPS) is 12.1. The minimum absolute atomic E-state index is 0.233. The molecule has 0 fully saturated rings. The summed E-state index contributed by atoms with van der Waals surface area (Å²) in [6.45, 7) is 0.378. The van der Waals surface area contributed by atoms with Gasteiger partial charge in [0.05, 0.1) is 10.4 Å². The number of para-hydroxylation sites is 1. The molecule has 21 heavy (non-hydrogen) atoms. The van der Waals surface area contributed by atoms with E-state index >= 15 is 0 Å². The highest BCUT2D eigenvalue weighted by molar-refractivity contribution is 7.91. The Hall–Kier alpha value is -1.77. The molecular weight excluding hydrogens is 308 g/mol. The third-order valence-electron chi connectivity index (χ3n) is 3.23. The lowest BCUT2D eigenvalue weighted by atomic mass is 10.3. The second-order valence-corrected chi connectivity index (χ2v) is 7.65. The maximum absolute atomic E-state index is 11.9. The average molecular weight is 322 g/mol. The molecule has 6 nitrogen and oxygen atoms in total. The monoisotopic (exact) mass is 322 g/mol. The Balaban J connectivity index is 2.29. The Morgan fingerprint density at radius 2 is 2.10 bits per heavy atom. The van der Waals surface area contributed by atoms with Crippen LogP contribution in [0.1, 0.15) is 5.01 Å². The first kappa shape index (κ1) is 14.2. The van der Waals surface area contributed by atoms with Crippen molar-refractivity contribution >= 4 is 32.2 Å². The molecule has 2 aromatic heterocycles. The zero-order valence-electron chi connectivity index (χ0n) is 11.6. The van der Waals surface area contributed by atoms with Crippen molar-refractivity contribution in [3.8, 4) is 11.5 Å². The molecule has 1 aromatic carbocycles. The number of imidazole rings is 1. The number of thiazole rings is 1. The number of nitrogens with zero attached hydrogens (tertiary/aromatic N) is 3. The molecular formula is C13H14N4O2S2. The molecule has 3 rings (SSSR count). The Kier molecular flexibility index (Phi) is 3.31. The lowest BCUT2D eigenvalue weighted by Crippen LogP contribution is -1.98. The molecule has 110 valence electrons. The summed E-state index contributed by atoms with van der Waals surface area (Å²) in [6, 6.07) is 5.13. The summed E-state index contributed by atoms with van der Waals surface area (Å²) >= 11 is 1.47. The SMILES string of the molecule is Cn1c(-c2csc(CN)n2)nc2c(S(C)(=O)=O)cccc21. The van der Waals surface area contributed by atoms with Gasteiger partial charge in [0.15, 0.2) is 15.7 Å². The van der Waals surface area contributed by atoms with Gasteiger partial charge in [0.1, 0.15) is 16.2 Å². The first-order chi connectivity index (χ1) is 9.91. The summed E-state index contributed by atoms with van der Waals surface area (Å²) in [5.41, 5.74) is 7.52. The van der Waals surface area contributed by atoms with Crippen LogP contribution < -0.4 is 5.73 Å². The van der Waals surface area contributed by atoms with Gasteiger partial charge in [0, 0.05) is 25.2 Å². The smallest absolute Gasteiger partial charge is 0.177 e. The molecule has 0 bridgehead atoms. The van der Waals surface area contributed by atoms with Crippen molar-refractivity contribution in [2.45, 2.75) is 11.4 Å². The lowest BCUT2D eigenvalue weighted by Gasteiger charge is -2.00. The van der Waals surface area contributed by atoms with Gasteiger partial charge in [0.2, 0.25) is 0 Å². The molecule has 0 aliphatic carbocycles. The van der Waals surface area contributed by atoms with E-state index in [1.807, 2.05) is 23.1 Å². The second-order valence-electron chi connectivity index (χ2n) is 4.72. The van der Waals surface area contributed by atoms with Crippen LogP contribution in [0.4, 0.5) is 0 Å². The summed E-state index contributed by atoms with van der Waals surface area (Å²) < 4.78 is 25.6. The number of benzene rings is 1. The maximum atomic E-state index is 11.9. The molecule has 0 aliphatic heterocycles. The van der Waals surface area contributed by atoms with Gasteiger partial charge in [-0.1, -0.05) is 6.07 Å². The zero-order valence-corrected chi connectivity index (χ0v) is 13.2. The van der Waals surface area contributed by atoms with E-state index in [0.29, 0.717) is 23.6 Å². The van der Waals surface area contributed by atoms with Crippen LogP contribution >= 0.6 is 11.3 Å². The average Bonchev–Trinajstić information content (AvgIpc) is 3.02. The Labute approximate surface area is 126 Å². The van der Waals surface area contributed by atoms with Crippen LogP contribution in [0.2, 0.25) is 0 Å². The lowest BCUT2D eigenvalue weighted by molar-refractivity contribution is 0.602. The van der Waals surface area contributed by atoms with Gasteiger partial charge in [-0.25, -0.2) is 18.4 Å². The highest BCUT2D eigenvalue weighted by Gasteiger charge is 2.19. The fourth-order valence-corrected chi connectivity index (χ4v) is 3.70. The molecule has 2 N–H and O–H groups in total. The number of fused-ring (bicyclic) bond motifs is 1. The van der Waals surface area contributed by atoms with Crippen LogP contribution in [-0.2, 0) is 23.4 Å². The summed E-state index contributed by atoms with van der Waals surface area (Å²) in [5, 5.41) is 2.70. The Morgan fingerprint density at radius 1 is 1.33 bits per heavy atom. The van der Waals surface area contributed by atoms with Crippen LogP contribution in [0.3, 0.4) is 0 Å². The van der Waals surface area contributed by atoms with Crippen LogP contribution in [0.25, 0.3) is 22.6 Å². The quantitative estimate of drug-likeness (QED) is 0.790. The third kappa shape index (κ3) is 2.35. The van der Waals surface area contributed by atoms with Crippen molar-refractivity contribution in [3.05, 3.63) is 28.6 Å². The number of aromatic nitrogens is 3. The van der Waals surface area contributed by atoms with Gasteiger partial charge in [-0.15, -0.1) is 11.3 Å². The molecule has 0 spiro atoms. The van der Waals surface area contributed by atoms with Gasteiger partial charge < -0.3 is 10.3 Å². The number of hydrogen-bond donors (Lipinski definition) is 1. The highest BCUT2D eigenvalue weighted by atomic mass is 32.2. The fourth-order valence-electron chi connectivity index (χ4n) is 2.22. The number of nitrogens with two attached hydrogens (primary N) is 1. The first-order valence-corrected chi connectivity index (χ1v) is 8.99. The predicted octanol–water partition coefficient (Wildman–Crippen LogP) is 1.56. The van der Waals surface area contributed by atoms with Crippen LogP contribution in [0.15, 0.2) is 28.5 Å². The minimum atomic E-state index is -3.33. The van der Waals surface area contributed by atoms with E-state index in [0.717, 1.165) is 10.5 Å². The van der Waals surface area contributed by atoms with E-state index in [-0.39, 0.29) is 4.90 Å². The Bertz CT molecular complexity index is 925. The Morgan fingerprint density at radius 3 is 2.71 bits per heavy atom. The summed E-state index contributed by atoms with van der Waals surface area (Å²) in [6.07, 6.45) is 1.19. The van der Waals surface area contributed by atoms with Crippen molar-refractivity contribution < 1.29 is 8.42 Å². The van der Waals surface area contributed by atoms with Crippen LogP contribution in [0, 0.1) is 0 Å². The van der Waals surface area contributed by atoms with Gasteiger partial charge in [0.25, 0.3) is 0 Å². The molecule has 8 heteroatoms. The number of aryl methyl sites for hydroxylation is 1. The molecule has 0 saturated carbocycles. The van der Waals surface area contributed by atoms with E-state index < -0.39 is 9.84 Å². The van der Waals surface area contributed by atoms with Crippen LogP contribution in [0.5, 0.6) is 0 Å². The number of sulfone groups is 1. The zero-order chi connectivity index (χ0) is 15.2. The van der Waals surface area contributed by atoms with E-state index in [9.17, 15) is 8.42 Å². The summed E-state index contributed by atoms with van der Waals surface area (Å²) in [4.78, 5) is 9.12. The van der Waals surface area contributed by atoms with Gasteiger partial charge in [-0.05, 0) is 12.1 Å². The van der Waals surface area contributed by atoms with Crippen molar-refractivity contribution in [1.82, 2.24) is 14.5 Å². The van der Waals surface area contributed by atoms with Crippen molar-refractivity contribution in [1.29, 1.82) is 0 Å². The molecule has 3 aromatic rings. The molecule has 0 aliphatic rings. The molecule has 2 heterocycles. The van der Waals surface area contributed by atoms with Crippen molar-refractivity contribution in [2.75, 3.05) is 6.26 Å². The van der Waals surface area contributed by atoms with Crippen LogP contribution in [-0.4, -0.2) is 29.2 Å². The van der Waals surface area contributed by atoms with Crippen molar-refractivity contribution in [3.63, 3.8) is 0 Å². The molecule has 0 radical (unpaired) electrons. The van der Waals surface area contributed by atoms with E-state index in [1.54, 1.807) is 12.1 Å². The largest absolute Gasteiger partial charge is 0.326 e. The summed E-state index contributed by atoms with van der Waals surface area (Å²) in [7, 11) is -1.48. The standard InChI is InChI=1S/C13H14N4O2S2/c1-17-9-4-3-5-10(21(2,18)19)12(9)16-13(17)8-7-20-11(6-14)15-8/h3-5,7H,6,14H2,1-2H3. The topological polar surface area (TPSA) is 90.9 Å². The van der Waals surface area contributed by atoms with E-state index in [2.05, 4.69) is 9.97 Å². The second kappa shape index (κ2) is 4.90. The van der Waals surface area contributed by atoms with Gasteiger partial charge in [-0.3, -0.25) is 0 Å². The van der Waals surface area contributed by atoms with Gasteiger partial charge in [-0.2, -0.15) is 0 Å². The maximum Gasteiger partial charge on any atom is 0.177 e. The molecule has 0 unspecified atom stereocenters.